The molecule has 4 aromatic rings. The fraction of sp³-hybridized carbons (Fsp3) is 0.143. The monoisotopic (exact) mass is 624 g/mol. The van der Waals surface area contributed by atoms with Crippen LogP contribution in [0.1, 0.15) is 35.1 Å². The molecule has 0 aromatic heterocycles. The van der Waals surface area contributed by atoms with Crippen molar-refractivity contribution >= 4 is 34.9 Å². The van der Waals surface area contributed by atoms with Gasteiger partial charge in [-0.05, 0) is 126 Å². The van der Waals surface area contributed by atoms with E-state index >= 15 is 0 Å². The molecule has 4 aliphatic rings. The number of anilines is 4. The largest absolute Gasteiger partial charge is 0.457 e. The van der Waals surface area contributed by atoms with Crippen LogP contribution < -0.4 is 14.5 Å². The summed E-state index contributed by atoms with van der Waals surface area (Å²) in [6.45, 7) is 9.84. The molecule has 6 nitrogen and oxygen atoms in total. The fourth-order valence-corrected chi connectivity index (χ4v) is 7.00. The summed E-state index contributed by atoms with van der Waals surface area (Å²) < 4.78 is 12.4. The highest BCUT2D eigenvalue weighted by molar-refractivity contribution is 5.86. The molecule has 4 aliphatic heterocycles. The number of hydrogen-bond acceptors (Lipinski definition) is 5. The van der Waals surface area contributed by atoms with Crippen molar-refractivity contribution in [2.75, 3.05) is 22.9 Å². The number of allylic oxidation sites excluding steroid dienone is 6. The molecule has 4 aromatic carbocycles. The SMILES string of the molecule is [C-]#[N+]C(C#N)=C1C=C(C=Cc2ccc(N3c4ccccc4Oc4ccccc43)cc2)OC(C=Cc2cc3c4c(c2)CCCN4CCC3)=C1. The Morgan fingerprint density at radius 3 is 1.90 bits per heavy atom. The van der Waals surface area contributed by atoms with Gasteiger partial charge in [0, 0.05) is 24.5 Å². The van der Waals surface area contributed by atoms with Crippen molar-refractivity contribution < 1.29 is 9.47 Å². The van der Waals surface area contributed by atoms with Gasteiger partial charge in [0.05, 0.1) is 24.0 Å². The van der Waals surface area contributed by atoms with E-state index in [1.54, 1.807) is 12.2 Å². The number of benzene rings is 4. The van der Waals surface area contributed by atoms with Crippen LogP contribution in [-0.4, -0.2) is 13.1 Å². The number of ether oxygens (including phenoxy) is 2. The van der Waals surface area contributed by atoms with Gasteiger partial charge >= 0.3 is 0 Å². The molecule has 0 fully saturated rings. The molecule has 0 spiro atoms. The molecule has 0 saturated carbocycles. The van der Waals surface area contributed by atoms with Crippen LogP contribution in [0.4, 0.5) is 22.7 Å². The highest BCUT2D eigenvalue weighted by Crippen LogP contribution is 2.50. The fourth-order valence-electron chi connectivity index (χ4n) is 7.00. The lowest BCUT2D eigenvalue weighted by Crippen LogP contribution is -2.34. The van der Waals surface area contributed by atoms with Gasteiger partial charge in [0.15, 0.2) is 11.5 Å². The Hall–Kier alpha value is -6.24. The van der Waals surface area contributed by atoms with Gasteiger partial charge < -0.3 is 19.3 Å². The minimum atomic E-state index is 0.0313. The van der Waals surface area contributed by atoms with Crippen LogP contribution in [0.15, 0.2) is 132 Å². The molecule has 48 heavy (non-hydrogen) atoms. The van der Waals surface area contributed by atoms with Crippen LogP contribution in [0.3, 0.4) is 0 Å². The molecule has 0 aliphatic carbocycles. The summed E-state index contributed by atoms with van der Waals surface area (Å²) in [5, 5.41) is 9.65. The van der Waals surface area contributed by atoms with Crippen LogP contribution in [0.5, 0.6) is 11.5 Å². The number of rotatable bonds is 5. The zero-order valence-corrected chi connectivity index (χ0v) is 26.4. The molecule has 8 rings (SSSR count). The zero-order valence-electron chi connectivity index (χ0n) is 26.4. The van der Waals surface area contributed by atoms with E-state index in [-0.39, 0.29) is 5.70 Å². The molecule has 0 N–H and O–H groups in total. The van der Waals surface area contributed by atoms with Gasteiger partial charge in [-0.3, -0.25) is 0 Å². The Morgan fingerprint density at radius 2 is 1.31 bits per heavy atom. The first-order valence-electron chi connectivity index (χ1n) is 16.3. The van der Waals surface area contributed by atoms with Crippen LogP contribution in [0.25, 0.3) is 17.0 Å². The second-order valence-electron chi connectivity index (χ2n) is 12.2. The standard InChI is InChI=1S/C42H32N4O2/c1-44-37(28-43)33-26-35(47-36(27-33)21-17-30-24-31-8-6-22-45-23-7-9-32(25-30)42(31)45)20-16-29-14-18-34(19-15-29)46-38-10-2-4-12-40(38)48-41-13-5-3-11-39(41)46/h2-5,10-21,24-27H,6-9,22-23H2. The molecule has 0 saturated heterocycles. The van der Waals surface area contributed by atoms with Crippen LogP contribution >= 0.6 is 0 Å². The highest BCUT2D eigenvalue weighted by Gasteiger charge is 2.26. The van der Waals surface area contributed by atoms with E-state index in [0.717, 1.165) is 65.6 Å². The first-order chi connectivity index (χ1) is 23.7. The Kier molecular flexibility index (Phi) is 7.61. The van der Waals surface area contributed by atoms with E-state index in [0.29, 0.717) is 17.1 Å². The third-order valence-corrected chi connectivity index (χ3v) is 9.14. The van der Waals surface area contributed by atoms with Crippen molar-refractivity contribution in [2.45, 2.75) is 25.7 Å². The summed E-state index contributed by atoms with van der Waals surface area (Å²) in [5.41, 5.74) is 9.97. The predicted octanol–water partition coefficient (Wildman–Crippen LogP) is 10.2. The maximum absolute atomic E-state index is 9.65. The number of hydrogen-bond donors (Lipinski definition) is 0. The van der Waals surface area contributed by atoms with Crippen molar-refractivity contribution in [3.63, 3.8) is 0 Å². The highest BCUT2D eigenvalue weighted by atomic mass is 16.5. The first kappa shape index (κ1) is 29.2. The Balaban J connectivity index is 1.05. The topological polar surface area (TPSA) is 53.1 Å². The van der Waals surface area contributed by atoms with Crippen molar-refractivity contribution in [1.82, 2.24) is 0 Å². The molecule has 0 atom stereocenters. The van der Waals surface area contributed by atoms with Crippen molar-refractivity contribution in [3.05, 3.63) is 166 Å². The molecule has 6 heteroatoms. The smallest absolute Gasteiger partial charge is 0.269 e. The number of para-hydroxylation sites is 4. The van der Waals surface area contributed by atoms with E-state index in [4.69, 9.17) is 16.0 Å². The lowest BCUT2D eigenvalue weighted by Gasteiger charge is -2.37. The van der Waals surface area contributed by atoms with Gasteiger partial charge in [-0.25, -0.2) is 10.1 Å². The number of nitrogens with zero attached hydrogens (tertiary/aromatic N) is 4. The van der Waals surface area contributed by atoms with E-state index in [9.17, 15) is 5.26 Å². The maximum atomic E-state index is 9.65. The van der Waals surface area contributed by atoms with E-state index in [2.05, 4.69) is 69.3 Å². The van der Waals surface area contributed by atoms with E-state index in [1.807, 2.05) is 60.7 Å². The second-order valence-corrected chi connectivity index (χ2v) is 12.2. The minimum Gasteiger partial charge on any atom is -0.457 e. The maximum Gasteiger partial charge on any atom is 0.269 e. The quantitative estimate of drug-likeness (QED) is 0.144. The Bertz CT molecular complexity index is 2080. The van der Waals surface area contributed by atoms with Gasteiger partial charge in [-0.2, -0.15) is 0 Å². The summed E-state index contributed by atoms with van der Waals surface area (Å²) in [6, 6.07) is 31.0. The first-order valence-corrected chi connectivity index (χ1v) is 16.3. The third kappa shape index (κ3) is 5.55. The van der Waals surface area contributed by atoms with Crippen LogP contribution in [0.2, 0.25) is 0 Å². The molecule has 0 radical (unpaired) electrons. The molecular formula is C42H32N4O2. The van der Waals surface area contributed by atoms with Gasteiger partial charge in [0.25, 0.3) is 5.70 Å². The van der Waals surface area contributed by atoms with Crippen molar-refractivity contribution in [2.24, 2.45) is 0 Å². The molecule has 0 bridgehead atoms. The number of fused-ring (bicyclic) bond motifs is 2. The summed E-state index contributed by atoms with van der Waals surface area (Å²) in [7, 11) is 0. The van der Waals surface area contributed by atoms with E-state index < -0.39 is 0 Å². The van der Waals surface area contributed by atoms with Gasteiger partial charge in [-0.1, -0.05) is 48.6 Å². The Morgan fingerprint density at radius 1 is 0.729 bits per heavy atom. The number of aryl methyl sites for hydroxylation is 2. The second kappa shape index (κ2) is 12.5. The summed E-state index contributed by atoms with van der Waals surface area (Å²) in [5.74, 6) is 2.76. The summed E-state index contributed by atoms with van der Waals surface area (Å²) in [6.07, 6.45) is 16.0. The molecular weight excluding hydrogens is 592 g/mol. The summed E-state index contributed by atoms with van der Waals surface area (Å²) >= 11 is 0. The normalized spacial score (nSPS) is 17.2. The van der Waals surface area contributed by atoms with Gasteiger partial charge in [0.2, 0.25) is 0 Å². The number of nitriles is 1. The van der Waals surface area contributed by atoms with Gasteiger partial charge in [0.1, 0.15) is 11.5 Å². The van der Waals surface area contributed by atoms with Gasteiger partial charge in [-0.15, -0.1) is 0 Å². The lowest BCUT2D eigenvalue weighted by molar-refractivity contribution is 0.332. The molecule has 232 valence electrons. The molecule has 0 unspecified atom stereocenters. The third-order valence-electron chi connectivity index (χ3n) is 9.14. The summed E-state index contributed by atoms with van der Waals surface area (Å²) in [4.78, 5) is 8.21. The van der Waals surface area contributed by atoms with Crippen LogP contribution in [0, 0.1) is 17.9 Å². The zero-order chi connectivity index (χ0) is 32.5. The average Bonchev–Trinajstić information content (AvgIpc) is 3.13. The average molecular weight is 625 g/mol. The van der Waals surface area contributed by atoms with E-state index in [1.165, 1.54) is 29.7 Å². The Labute approximate surface area is 280 Å². The van der Waals surface area contributed by atoms with Crippen molar-refractivity contribution in [3.8, 4) is 17.6 Å². The molecule has 4 heterocycles. The predicted molar refractivity (Wildman–Crippen MR) is 191 cm³/mol. The minimum absolute atomic E-state index is 0.0313. The van der Waals surface area contributed by atoms with Crippen LogP contribution in [-0.2, 0) is 17.6 Å². The van der Waals surface area contributed by atoms with Crippen molar-refractivity contribution in [1.29, 1.82) is 5.26 Å². The molecule has 0 amide bonds. The lowest BCUT2D eigenvalue weighted by atomic mass is 9.90.